The van der Waals surface area contributed by atoms with Crippen molar-refractivity contribution in [2.24, 2.45) is 0 Å². The van der Waals surface area contributed by atoms with Gasteiger partial charge in [-0.15, -0.1) is 5.10 Å². The summed E-state index contributed by atoms with van der Waals surface area (Å²) in [5.41, 5.74) is 11.8. The first-order valence-electron chi connectivity index (χ1n) is 18.4. The van der Waals surface area contributed by atoms with Crippen LogP contribution in [0.1, 0.15) is 37.5 Å². The van der Waals surface area contributed by atoms with Crippen molar-refractivity contribution < 1.29 is 4.74 Å². The molecule has 6 aromatic carbocycles. The van der Waals surface area contributed by atoms with Crippen molar-refractivity contribution in [2.75, 3.05) is 0 Å². The number of hydrogen-bond donors (Lipinski definition) is 0. The van der Waals surface area contributed by atoms with E-state index in [9.17, 15) is 0 Å². The van der Waals surface area contributed by atoms with E-state index in [1.165, 1.54) is 32.9 Å². The molecule has 0 radical (unpaired) electrons. The van der Waals surface area contributed by atoms with Gasteiger partial charge in [-0.2, -0.15) is 0 Å². The first-order chi connectivity index (χ1) is 26.2. The third-order valence-electron chi connectivity index (χ3n) is 10.7. The summed E-state index contributed by atoms with van der Waals surface area (Å²) >= 11 is 0. The maximum absolute atomic E-state index is 6.77. The van der Waals surface area contributed by atoms with Crippen LogP contribution in [-0.2, 0) is 5.41 Å². The van der Waals surface area contributed by atoms with Crippen LogP contribution in [0.3, 0.4) is 0 Å². The number of fused-ring (bicyclic) bond motifs is 7. The van der Waals surface area contributed by atoms with Gasteiger partial charge in [0.1, 0.15) is 22.8 Å². The summed E-state index contributed by atoms with van der Waals surface area (Å²) in [6, 6.07) is 46.7. The molecular weight excluding hydrogens is 665 g/mol. The van der Waals surface area contributed by atoms with E-state index in [1.54, 1.807) is 0 Å². The fourth-order valence-electron chi connectivity index (χ4n) is 8.04. The first kappa shape index (κ1) is 32.0. The van der Waals surface area contributed by atoms with E-state index in [4.69, 9.17) is 9.72 Å². The van der Waals surface area contributed by atoms with Gasteiger partial charge in [0.2, 0.25) is 0 Å². The Morgan fingerprint density at radius 1 is 0.537 bits per heavy atom. The molecular formula is C47H38N6O. The highest BCUT2D eigenvalue weighted by atomic mass is 16.5. The second kappa shape index (κ2) is 11.9. The minimum absolute atomic E-state index is 0.120. The lowest BCUT2D eigenvalue weighted by Gasteiger charge is -2.21. The highest BCUT2D eigenvalue weighted by Crippen LogP contribution is 2.39. The molecule has 54 heavy (non-hydrogen) atoms. The molecule has 0 aliphatic heterocycles. The predicted molar refractivity (Wildman–Crippen MR) is 220 cm³/mol. The molecule has 0 aliphatic rings. The number of rotatable bonds is 5. The minimum Gasteiger partial charge on any atom is -0.457 e. The van der Waals surface area contributed by atoms with Crippen molar-refractivity contribution in [1.82, 2.24) is 29.1 Å². The number of hydrogen-bond acceptors (Lipinski definition) is 4. The third kappa shape index (κ3) is 5.00. The lowest BCUT2D eigenvalue weighted by molar-refractivity contribution is 0.478. The molecule has 0 aliphatic carbocycles. The van der Waals surface area contributed by atoms with E-state index in [0.717, 1.165) is 67.1 Å². The highest BCUT2D eigenvalue weighted by molar-refractivity contribution is 6.12. The zero-order chi connectivity index (χ0) is 36.7. The van der Waals surface area contributed by atoms with Gasteiger partial charge in [0.15, 0.2) is 0 Å². The van der Waals surface area contributed by atoms with Crippen LogP contribution >= 0.6 is 0 Å². The smallest absolute Gasteiger partial charge is 0.139 e. The van der Waals surface area contributed by atoms with E-state index in [2.05, 4.69) is 157 Å². The summed E-state index contributed by atoms with van der Waals surface area (Å²) in [5.74, 6) is 2.30. The van der Waals surface area contributed by atoms with Gasteiger partial charge in [0.25, 0.3) is 0 Å². The number of ether oxygens (including phenoxy) is 1. The van der Waals surface area contributed by atoms with Gasteiger partial charge >= 0.3 is 0 Å². The number of aromatic nitrogens is 6. The van der Waals surface area contributed by atoms with Gasteiger partial charge < -0.3 is 9.30 Å². The summed E-state index contributed by atoms with van der Waals surface area (Å²) in [6.07, 6.45) is 1.92. The molecule has 0 amide bonds. The molecule has 4 heterocycles. The average molecular weight is 703 g/mol. The van der Waals surface area contributed by atoms with Crippen LogP contribution in [0.2, 0.25) is 0 Å². The zero-order valence-electron chi connectivity index (χ0n) is 30.9. The van der Waals surface area contributed by atoms with Crippen molar-refractivity contribution in [3.8, 4) is 28.7 Å². The van der Waals surface area contributed by atoms with Crippen LogP contribution < -0.4 is 4.74 Å². The van der Waals surface area contributed by atoms with Crippen LogP contribution in [0.15, 0.2) is 140 Å². The third-order valence-corrected chi connectivity index (χ3v) is 10.7. The Hall–Kier alpha value is -6.73. The van der Waals surface area contributed by atoms with Gasteiger partial charge in [-0.1, -0.05) is 92.7 Å². The lowest BCUT2D eigenvalue weighted by Crippen LogP contribution is -2.12. The van der Waals surface area contributed by atoms with Gasteiger partial charge in [-0.05, 0) is 84.5 Å². The summed E-state index contributed by atoms with van der Waals surface area (Å²) in [4.78, 5) is 5.01. The summed E-state index contributed by atoms with van der Waals surface area (Å²) in [5, 5.41) is 13.7. The SMILES string of the molecule is Cc1cccc2c3cccc(C)c3n(-c3ccnc(-n4c5ccccc5c5ccc(Oc6cc(-n7nnc8ccccc87)cc(C(C)(C)C)c6)cc54)c3)c12. The lowest BCUT2D eigenvalue weighted by atomic mass is 9.86. The van der Waals surface area contributed by atoms with Crippen LogP contribution in [0.25, 0.3) is 71.8 Å². The van der Waals surface area contributed by atoms with Crippen molar-refractivity contribution in [2.45, 2.75) is 40.0 Å². The molecule has 7 heteroatoms. The number of para-hydroxylation sites is 4. The van der Waals surface area contributed by atoms with E-state index >= 15 is 0 Å². The van der Waals surface area contributed by atoms with E-state index in [0.29, 0.717) is 0 Å². The van der Waals surface area contributed by atoms with Crippen molar-refractivity contribution >= 4 is 54.6 Å². The van der Waals surface area contributed by atoms with Crippen LogP contribution in [-0.4, -0.2) is 29.1 Å². The van der Waals surface area contributed by atoms with E-state index in [-0.39, 0.29) is 5.41 Å². The van der Waals surface area contributed by atoms with Gasteiger partial charge in [-0.3, -0.25) is 4.57 Å². The van der Waals surface area contributed by atoms with E-state index in [1.807, 2.05) is 41.2 Å². The Bertz CT molecular complexity index is 3040. The molecule has 10 rings (SSSR count). The Labute approximate surface area is 312 Å². The summed E-state index contributed by atoms with van der Waals surface area (Å²) < 4.78 is 13.3. The Morgan fingerprint density at radius 3 is 1.98 bits per heavy atom. The van der Waals surface area contributed by atoms with Crippen LogP contribution in [0, 0.1) is 13.8 Å². The van der Waals surface area contributed by atoms with Crippen molar-refractivity contribution in [3.63, 3.8) is 0 Å². The monoisotopic (exact) mass is 702 g/mol. The van der Waals surface area contributed by atoms with Gasteiger partial charge in [0, 0.05) is 45.9 Å². The van der Waals surface area contributed by atoms with Gasteiger partial charge in [0.05, 0.1) is 39.0 Å². The highest BCUT2D eigenvalue weighted by Gasteiger charge is 2.21. The molecule has 0 atom stereocenters. The number of pyridine rings is 1. The van der Waals surface area contributed by atoms with Crippen molar-refractivity contribution in [3.05, 3.63) is 156 Å². The molecule has 0 saturated carbocycles. The second-order valence-electron chi connectivity index (χ2n) is 15.2. The summed E-state index contributed by atoms with van der Waals surface area (Å²) in [6.45, 7) is 11.0. The first-order valence-corrected chi connectivity index (χ1v) is 18.4. The second-order valence-corrected chi connectivity index (χ2v) is 15.2. The molecule has 0 fully saturated rings. The maximum Gasteiger partial charge on any atom is 0.139 e. The largest absolute Gasteiger partial charge is 0.457 e. The molecule has 0 spiro atoms. The molecule has 0 unspecified atom stereocenters. The topological polar surface area (TPSA) is 62.7 Å². The number of nitrogens with zero attached hydrogens (tertiary/aromatic N) is 6. The van der Waals surface area contributed by atoms with Crippen LogP contribution in [0.4, 0.5) is 0 Å². The standard InChI is InChI=1S/C47H38N6O/c1-29-12-10-15-38-39-16-11-13-30(2)46(39)51(45(29)38)32-22-23-48-44(27-32)52-41-18-8-6-14-36(41)37-21-20-34(28-43(37)52)54-35-25-31(47(3,4)5)24-33(26-35)53-42-19-9-7-17-40(42)49-50-53/h6-28H,1-5H3. The molecule has 10 aromatic rings. The number of aryl methyl sites for hydroxylation is 2. The maximum atomic E-state index is 6.77. The fourth-order valence-corrected chi connectivity index (χ4v) is 8.04. The van der Waals surface area contributed by atoms with E-state index < -0.39 is 0 Å². The Balaban J connectivity index is 1.14. The summed E-state index contributed by atoms with van der Waals surface area (Å²) in [7, 11) is 0. The van der Waals surface area contributed by atoms with Crippen LogP contribution in [0.5, 0.6) is 11.5 Å². The normalized spacial score (nSPS) is 12.2. The molecule has 262 valence electrons. The average Bonchev–Trinajstić information content (AvgIpc) is 3.86. The van der Waals surface area contributed by atoms with Crippen molar-refractivity contribution in [1.29, 1.82) is 0 Å². The molecule has 0 N–H and O–H groups in total. The molecule has 7 nitrogen and oxygen atoms in total. The Morgan fingerprint density at radius 2 is 1.22 bits per heavy atom. The predicted octanol–water partition coefficient (Wildman–Crippen LogP) is 11.7. The number of benzene rings is 6. The fraction of sp³-hybridized carbons (Fsp3) is 0.128. The minimum atomic E-state index is -0.120. The van der Waals surface area contributed by atoms with Gasteiger partial charge in [-0.25, -0.2) is 9.67 Å². The quantitative estimate of drug-likeness (QED) is 0.179. The zero-order valence-corrected chi connectivity index (χ0v) is 30.9. The molecule has 4 aromatic heterocycles. The molecule has 0 saturated heterocycles. The Kier molecular flexibility index (Phi) is 7.04. The molecule has 0 bridgehead atoms.